The van der Waals surface area contributed by atoms with Crippen LogP contribution in [0.2, 0.25) is 0 Å². The molecule has 4 heteroatoms. The van der Waals surface area contributed by atoms with Crippen LogP contribution in [-0.2, 0) is 9.59 Å². The highest BCUT2D eigenvalue weighted by Crippen LogP contribution is 2.07. The van der Waals surface area contributed by atoms with Crippen molar-refractivity contribution >= 4 is 17.6 Å². The number of nitrogens with zero attached hydrogens (tertiary/aromatic N) is 1. The molecule has 1 aliphatic carbocycles. The first-order valence-corrected chi connectivity index (χ1v) is 4.89. The van der Waals surface area contributed by atoms with E-state index in [-0.39, 0.29) is 12.3 Å². The third-order valence-electron chi connectivity index (χ3n) is 2.08. The van der Waals surface area contributed by atoms with E-state index in [0.29, 0.717) is 11.4 Å². The number of nitrogens with one attached hydrogen (secondary N) is 1. The van der Waals surface area contributed by atoms with E-state index < -0.39 is 5.91 Å². The topological polar surface area (TPSA) is 58.5 Å². The Bertz CT molecular complexity index is 479. The third-order valence-corrected chi connectivity index (χ3v) is 2.08. The van der Waals surface area contributed by atoms with Crippen LogP contribution in [0.4, 0.5) is 0 Å². The number of aliphatic imine (C=N–C) groups is 1. The Morgan fingerprint density at radius 3 is 2.62 bits per heavy atom. The van der Waals surface area contributed by atoms with Gasteiger partial charge in [-0.15, -0.1) is 0 Å². The van der Waals surface area contributed by atoms with Crippen molar-refractivity contribution < 1.29 is 9.59 Å². The lowest BCUT2D eigenvalue weighted by molar-refractivity contribution is -0.127. The van der Waals surface area contributed by atoms with Crippen LogP contribution in [0.15, 0.2) is 53.1 Å². The summed E-state index contributed by atoms with van der Waals surface area (Å²) in [6.07, 6.45) is 12.7. The lowest BCUT2D eigenvalue weighted by Crippen LogP contribution is -2.37. The molecule has 0 aromatic heterocycles. The van der Waals surface area contributed by atoms with Gasteiger partial charge in [0.15, 0.2) is 0 Å². The first-order valence-electron chi connectivity index (χ1n) is 4.89. The van der Waals surface area contributed by atoms with Crippen molar-refractivity contribution in [3.8, 4) is 0 Å². The summed E-state index contributed by atoms with van der Waals surface area (Å²) in [6, 6.07) is 0. The summed E-state index contributed by atoms with van der Waals surface area (Å²) in [6.45, 7) is 0. The molecule has 2 rings (SSSR count). The quantitative estimate of drug-likeness (QED) is 0.663. The van der Waals surface area contributed by atoms with Gasteiger partial charge in [-0.25, -0.2) is 0 Å². The van der Waals surface area contributed by atoms with Crippen molar-refractivity contribution in [1.82, 2.24) is 5.32 Å². The molecule has 16 heavy (non-hydrogen) atoms. The van der Waals surface area contributed by atoms with Gasteiger partial charge in [0.25, 0.3) is 5.91 Å². The van der Waals surface area contributed by atoms with Crippen molar-refractivity contribution in [3.05, 3.63) is 48.1 Å². The van der Waals surface area contributed by atoms with Gasteiger partial charge in [0.1, 0.15) is 12.3 Å². The zero-order valence-corrected chi connectivity index (χ0v) is 8.51. The Labute approximate surface area is 92.8 Å². The monoisotopic (exact) mass is 214 g/mol. The number of allylic oxidation sites excluding steroid dienone is 6. The molecular weight excluding hydrogens is 204 g/mol. The predicted octanol–water partition coefficient (Wildman–Crippen LogP) is 1.04. The van der Waals surface area contributed by atoms with Crippen LogP contribution in [0.25, 0.3) is 0 Å². The SMILES string of the molecule is O=C1CC(=O)NC(C2=CC=CC=CC=C2)=N1. The van der Waals surface area contributed by atoms with Crippen molar-refractivity contribution in [2.75, 3.05) is 0 Å². The Hall–Kier alpha value is -2.23. The third kappa shape index (κ3) is 2.42. The Kier molecular flexibility index (Phi) is 2.91. The minimum atomic E-state index is -0.408. The molecule has 2 amide bonds. The van der Waals surface area contributed by atoms with Gasteiger partial charge in [0.05, 0.1) is 0 Å². The number of hydrogen-bond acceptors (Lipinski definition) is 2. The van der Waals surface area contributed by atoms with E-state index in [2.05, 4.69) is 10.3 Å². The maximum Gasteiger partial charge on any atom is 0.257 e. The molecule has 1 aliphatic heterocycles. The number of carbonyl (C=O) groups is 2. The second kappa shape index (κ2) is 4.53. The van der Waals surface area contributed by atoms with Gasteiger partial charge < -0.3 is 5.32 Å². The summed E-state index contributed by atoms with van der Waals surface area (Å²) in [5.41, 5.74) is 0.710. The molecule has 0 aromatic rings. The van der Waals surface area contributed by atoms with Gasteiger partial charge in [-0.1, -0.05) is 42.5 Å². The minimum absolute atomic E-state index is 0.170. The van der Waals surface area contributed by atoms with Crippen molar-refractivity contribution in [1.29, 1.82) is 0 Å². The summed E-state index contributed by atoms with van der Waals surface area (Å²) in [7, 11) is 0. The van der Waals surface area contributed by atoms with Crippen LogP contribution < -0.4 is 5.32 Å². The maximum atomic E-state index is 11.2. The predicted molar refractivity (Wildman–Crippen MR) is 60.7 cm³/mol. The van der Waals surface area contributed by atoms with E-state index in [1.54, 1.807) is 12.2 Å². The summed E-state index contributed by atoms with van der Waals surface area (Å²) in [5, 5.41) is 2.58. The Morgan fingerprint density at radius 2 is 1.81 bits per heavy atom. The molecule has 0 radical (unpaired) electrons. The van der Waals surface area contributed by atoms with Gasteiger partial charge in [-0.3, -0.25) is 9.59 Å². The molecule has 1 N–H and O–H groups in total. The molecule has 0 unspecified atom stereocenters. The van der Waals surface area contributed by atoms with Crippen LogP contribution in [0.1, 0.15) is 6.42 Å². The highest BCUT2D eigenvalue weighted by molar-refractivity contribution is 6.20. The first-order chi connectivity index (χ1) is 7.75. The normalized spacial score (nSPS) is 19.8. The molecule has 0 aromatic carbocycles. The van der Waals surface area contributed by atoms with Crippen LogP contribution in [-0.4, -0.2) is 17.6 Å². The van der Waals surface area contributed by atoms with E-state index in [9.17, 15) is 9.59 Å². The molecule has 0 bridgehead atoms. The fraction of sp³-hybridized carbons (Fsp3) is 0.0833. The van der Waals surface area contributed by atoms with Gasteiger partial charge >= 0.3 is 0 Å². The zero-order chi connectivity index (χ0) is 11.4. The lowest BCUT2D eigenvalue weighted by Gasteiger charge is -2.12. The number of amides is 2. The molecule has 2 aliphatic rings. The van der Waals surface area contributed by atoms with E-state index in [4.69, 9.17) is 0 Å². The number of hydrogen-bond donors (Lipinski definition) is 1. The summed E-state index contributed by atoms with van der Waals surface area (Å²) in [4.78, 5) is 26.1. The molecular formula is C12H10N2O2. The first kappa shape index (κ1) is 10.3. The molecule has 1 heterocycles. The maximum absolute atomic E-state index is 11.2. The zero-order valence-electron chi connectivity index (χ0n) is 8.51. The smallest absolute Gasteiger partial charge is 0.257 e. The molecule has 4 nitrogen and oxygen atoms in total. The minimum Gasteiger partial charge on any atom is -0.310 e. The van der Waals surface area contributed by atoms with E-state index >= 15 is 0 Å². The average Bonchev–Trinajstić information content (AvgIpc) is 2.14. The Morgan fingerprint density at radius 1 is 1.06 bits per heavy atom. The molecule has 0 saturated heterocycles. The molecule has 0 saturated carbocycles. The van der Waals surface area contributed by atoms with Crippen LogP contribution in [0, 0.1) is 0 Å². The molecule has 80 valence electrons. The summed E-state index contributed by atoms with van der Waals surface area (Å²) >= 11 is 0. The van der Waals surface area contributed by atoms with Crippen LogP contribution >= 0.6 is 0 Å². The summed E-state index contributed by atoms with van der Waals surface area (Å²) in [5.74, 6) is -0.405. The highest BCUT2D eigenvalue weighted by atomic mass is 16.2. The standard InChI is InChI=1S/C12H10N2O2/c15-10-8-11(16)14-12(13-10)9-6-4-2-1-3-5-7-9/h1-7H,8H2,(H,13,14,15,16). The van der Waals surface area contributed by atoms with Crippen molar-refractivity contribution in [2.45, 2.75) is 6.42 Å². The molecule has 0 spiro atoms. The van der Waals surface area contributed by atoms with Crippen molar-refractivity contribution in [2.24, 2.45) is 4.99 Å². The molecule has 0 atom stereocenters. The number of carbonyl (C=O) groups excluding carboxylic acids is 2. The van der Waals surface area contributed by atoms with E-state index in [1.165, 1.54) is 0 Å². The van der Waals surface area contributed by atoms with Crippen molar-refractivity contribution in [3.63, 3.8) is 0 Å². The largest absolute Gasteiger partial charge is 0.310 e. The van der Waals surface area contributed by atoms with Gasteiger partial charge in [0, 0.05) is 5.57 Å². The highest BCUT2D eigenvalue weighted by Gasteiger charge is 2.19. The van der Waals surface area contributed by atoms with Gasteiger partial charge in [0.2, 0.25) is 5.91 Å². The Balaban J connectivity index is 2.30. The second-order valence-corrected chi connectivity index (χ2v) is 3.33. The fourth-order valence-electron chi connectivity index (χ4n) is 1.37. The van der Waals surface area contributed by atoms with Gasteiger partial charge in [-0.2, -0.15) is 4.99 Å². The number of rotatable bonds is 1. The lowest BCUT2D eigenvalue weighted by atomic mass is 10.1. The fourth-order valence-corrected chi connectivity index (χ4v) is 1.37. The summed E-state index contributed by atoms with van der Waals surface area (Å²) < 4.78 is 0. The van der Waals surface area contributed by atoms with Crippen LogP contribution in [0.3, 0.4) is 0 Å². The van der Waals surface area contributed by atoms with Crippen LogP contribution in [0.5, 0.6) is 0 Å². The van der Waals surface area contributed by atoms with E-state index in [1.807, 2.05) is 30.4 Å². The van der Waals surface area contributed by atoms with Gasteiger partial charge in [-0.05, 0) is 0 Å². The second-order valence-electron chi connectivity index (χ2n) is 3.33. The average molecular weight is 214 g/mol. The molecule has 0 fully saturated rings. The number of amidine groups is 1. The van der Waals surface area contributed by atoms with E-state index in [0.717, 1.165) is 0 Å².